The highest BCUT2D eigenvalue weighted by Gasteiger charge is 2.23. The standard InChI is InChI=1S/C19H19ClN2O2/c1-2-11-22-17-9-8-14(12-13(17)7-10-18(22)23)21-19(24)15-5-3-4-6-16(15)20/h3-6,8-9,12H,2,7,10-11H2,1H3,(H,21,24). The Morgan fingerprint density at radius 2 is 2.00 bits per heavy atom. The molecule has 0 bridgehead atoms. The Balaban J connectivity index is 1.83. The molecule has 0 spiro atoms. The van der Waals surface area contributed by atoms with Crippen molar-refractivity contribution in [2.24, 2.45) is 0 Å². The Hall–Kier alpha value is -2.33. The van der Waals surface area contributed by atoms with Crippen LogP contribution in [0.5, 0.6) is 0 Å². The first-order valence-corrected chi connectivity index (χ1v) is 8.47. The molecule has 0 aliphatic carbocycles. The lowest BCUT2D eigenvalue weighted by Crippen LogP contribution is -2.35. The van der Waals surface area contributed by atoms with Gasteiger partial charge in [0.2, 0.25) is 5.91 Å². The number of carbonyl (C=O) groups is 2. The summed E-state index contributed by atoms with van der Waals surface area (Å²) in [6.07, 6.45) is 2.12. The highest BCUT2D eigenvalue weighted by molar-refractivity contribution is 6.34. The van der Waals surface area contributed by atoms with Gasteiger partial charge >= 0.3 is 0 Å². The monoisotopic (exact) mass is 342 g/mol. The fraction of sp³-hybridized carbons (Fsp3) is 0.263. The number of hydrogen-bond acceptors (Lipinski definition) is 2. The number of benzene rings is 2. The highest BCUT2D eigenvalue weighted by atomic mass is 35.5. The van der Waals surface area contributed by atoms with E-state index >= 15 is 0 Å². The molecule has 0 saturated heterocycles. The van der Waals surface area contributed by atoms with Crippen LogP contribution in [0.4, 0.5) is 11.4 Å². The van der Waals surface area contributed by atoms with Gasteiger partial charge in [0.05, 0.1) is 10.6 Å². The molecule has 2 aromatic carbocycles. The lowest BCUT2D eigenvalue weighted by molar-refractivity contribution is -0.118. The third-order valence-electron chi connectivity index (χ3n) is 4.10. The molecule has 2 aromatic rings. The summed E-state index contributed by atoms with van der Waals surface area (Å²) in [5, 5.41) is 3.30. The number of halogens is 1. The number of anilines is 2. The summed E-state index contributed by atoms with van der Waals surface area (Å²) < 4.78 is 0. The van der Waals surface area contributed by atoms with Crippen LogP contribution in [-0.4, -0.2) is 18.4 Å². The Bertz CT molecular complexity index is 789. The van der Waals surface area contributed by atoms with E-state index in [-0.39, 0.29) is 11.8 Å². The molecule has 1 aliphatic heterocycles. The number of hydrogen-bond donors (Lipinski definition) is 1. The molecule has 0 unspecified atom stereocenters. The van der Waals surface area contributed by atoms with E-state index in [2.05, 4.69) is 12.2 Å². The molecule has 0 fully saturated rings. The van der Waals surface area contributed by atoms with Gasteiger partial charge in [0.15, 0.2) is 0 Å². The maximum atomic E-state index is 12.4. The summed E-state index contributed by atoms with van der Waals surface area (Å²) in [7, 11) is 0. The quantitative estimate of drug-likeness (QED) is 0.901. The lowest BCUT2D eigenvalue weighted by atomic mass is 10.00. The maximum absolute atomic E-state index is 12.4. The average molecular weight is 343 g/mol. The zero-order chi connectivity index (χ0) is 17.1. The number of nitrogens with zero attached hydrogens (tertiary/aromatic N) is 1. The number of aryl methyl sites for hydroxylation is 1. The van der Waals surface area contributed by atoms with Crippen LogP contribution >= 0.6 is 11.6 Å². The van der Waals surface area contributed by atoms with Crippen LogP contribution < -0.4 is 10.2 Å². The Kier molecular flexibility index (Phi) is 4.86. The smallest absolute Gasteiger partial charge is 0.257 e. The van der Waals surface area contributed by atoms with Gasteiger partial charge in [-0.25, -0.2) is 0 Å². The Morgan fingerprint density at radius 1 is 1.21 bits per heavy atom. The molecule has 1 aliphatic rings. The van der Waals surface area contributed by atoms with Crippen molar-refractivity contribution < 1.29 is 9.59 Å². The second-order valence-corrected chi connectivity index (χ2v) is 6.23. The van der Waals surface area contributed by atoms with Crippen molar-refractivity contribution >= 4 is 34.8 Å². The van der Waals surface area contributed by atoms with Gasteiger partial charge in [0, 0.05) is 24.3 Å². The second kappa shape index (κ2) is 7.05. The van der Waals surface area contributed by atoms with Crippen LogP contribution in [0.3, 0.4) is 0 Å². The molecule has 5 heteroatoms. The summed E-state index contributed by atoms with van der Waals surface area (Å²) in [5.41, 5.74) is 3.19. The number of rotatable bonds is 4. The minimum absolute atomic E-state index is 0.164. The third-order valence-corrected chi connectivity index (χ3v) is 4.43. The fourth-order valence-electron chi connectivity index (χ4n) is 2.95. The molecule has 1 heterocycles. The van der Waals surface area contributed by atoms with Crippen LogP contribution in [-0.2, 0) is 11.2 Å². The largest absolute Gasteiger partial charge is 0.322 e. The first-order valence-electron chi connectivity index (χ1n) is 8.09. The van der Waals surface area contributed by atoms with E-state index in [0.29, 0.717) is 29.1 Å². The molecule has 0 aromatic heterocycles. The van der Waals surface area contributed by atoms with E-state index in [1.54, 1.807) is 24.3 Å². The highest BCUT2D eigenvalue weighted by Crippen LogP contribution is 2.30. The van der Waals surface area contributed by atoms with Gasteiger partial charge in [0.1, 0.15) is 0 Å². The predicted molar refractivity (Wildman–Crippen MR) is 96.8 cm³/mol. The van der Waals surface area contributed by atoms with E-state index in [9.17, 15) is 9.59 Å². The maximum Gasteiger partial charge on any atom is 0.257 e. The van der Waals surface area contributed by atoms with Gasteiger partial charge in [0.25, 0.3) is 5.91 Å². The van der Waals surface area contributed by atoms with Crippen molar-refractivity contribution in [1.29, 1.82) is 0 Å². The van der Waals surface area contributed by atoms with Crippen molar-refractivity contribution in [2.45, 2.75) is 26.2 Å². The number of amides is 2. The molecule has 0 radical (unpaired) electrons. The summed E-state index contributed by atoms with van der Waals surface area (Å²) in [6.45, 7) is 2.77. The molecule has 0 atom stereocenters. The van der Waals surface area contributed by atoms with Crippen molar-refractivity contribution in [3.05, 3.63) is 58.6 Å². The second-order valence-electron chi connectivity index (χ2n) is 5.82. The summed E-state index contributed by atoms with van der Waals surface area (Å²) >= 11 is 6.07. The van der Waals surface area contributed by atoms with Crippen molar-refractivity contribution in [1.82, 2.24) is 0 Å². The van der Waals surface area contributed by atoms with Gasteiger partial charge in [-0.15, -0.1) is 0 Å². The molecule has 2 amide bonds. The van der Waals surface area contributed by atoms with Gasteiger partial charge in [-0.3, -0.25) is 9.59 Å². The predicted octanol–water partition coefficient (Wildman–Crippen LogP) is 4.28. The summed E-state index contributed by atoms with van der Waals surface area (Å²) in [4.78, 5) is 26.3. The third kappa shape index (κ3) is 3.29. The lowest BCUT2D eigenvalue weighted by Gasteiger charge is -2.29. The minimum atomic E-state index is -0.238. The van der Waals surface area contributed by atoms with Crippen LogP contribution in [0.2, 0.25) is 5.02 Å². The van der Waals surface area contributed by atoms with Gasteiger partial charge in [-0.05, 0) is 48.7 Å². The number of nitrogens with one attached hydrogen (secondary N) is 1. The average Bonchev–Trinajstić information content (AvgIpc) is 2.58. The molecule has 24 heavy (non-hydrogen) atoms. The molecule has 3 rings (SSSR count). The van der Waals surface area contributed by atoms with Crippen molar-refractivity contribution in [2.75, 3.05) is 16.8 Å². The van der Waals surface area contributed by atoms with Gasteiger partial charge in [-0.2, -0.15) is 0 Å². The van der Waals surface area contributed by atoms with Crippen molar-refractivity contribution in [3.8, 4) is 0 Å². The van der Waals surface area contributed by atoms with E-state index in [1.807, 2.05) is 23.1 Å². The van der Waals surface area contributed by atoms with E-state index in [1.165, 1.54) is 0 Å². The van der Waals surface area contributed by atoms with Crippen molar-refractivity contribution in [3.63, 3.8) is 0 Å². The van der Waals surface area contributed by atoms with Crippen LogP contribution in [0.15, 0.2) is 42.5 Å². The molecule has 4 nitrogen and oxygen atoms in total. The number of carbonyl (C=O) groups excluding carboxylic acids is 2. The van der Waals surface area contributed by atoms with Crippen LogP contribution in [0.1, 0.15) is 35.7 Å². The van der Waals surface area contributed by atoms with E-state index < -0.39 is 0 Å². The van der Waals surface area contributed by atoms with Gasteiger partial charge in [-0.1, -0.05) is 30.7 Å². The first-order chi connectivity index (χ1) is 11.6. The van der Waals surface area contributed by atoms with Crippen LogP contribution in [0.25, 0.3) is 0 Å². The summed E-state index contributed by atoms with van der Waals surface area (Å²) in [6, 6.07) is 12.6. The zero-order valence-corrected chi connectivity index (χ0v) is 14.3. The molecular weight excluding hydrogens is 324 g/mol. The SMILES string of the molecule is CCCN1C(=O)CCc2cc(NC(=O)c3ccccc3Cl)ccc21. The molecule has 0 saturated carbocycles. The Labute approximate surface area is 146 Å². The van der Waals surface area contributed by atoms with E-state index in [4.69, 9.17) is 11.6 Å². The molecule has 124 valence electrons. The number of fused-ring (bicyclic) bond motifs is 1. The van der Waals surface area contributed by atoms with E-state index in [0.717, 1.165) is 24.2 Å². The zero-order valence-electron chi connectivity index (χ0n) is 13.5. The normalized spacial score (nSPS) is 13.6. The Morgan fingerprint density at radius 3 is 2.75 bits per heavy atom. The minimum Gasteiger partial charge on any atom is -0.322 e. The molecule has 1 N–H and O–H groups in total. The van der Waals surface area contributed by atoms with Crippen LogP contribution in [0, 0.1) is 0 Å². The molecular formula is C19H19ClN2O2. The fourth-order valence-corrected chi connectivity index (χ4v) is 3.17. The first kappa shape index (κ1) is 16.5. The topological polar surface area (TPSA) is 49.4 Å². The van der Waals surface area contributed by atoms with Gasteiger partial charge < -0.3 is 10.2 Å². The summed E-state index contributed by atoms with van der Waals surface area (Å²) in [5.74, 6) is -0.0740.